The highest BCUT2D eigenvalue weighted by Crippen LogP contribution is 2.18. The second-order valence-electron chi connectivity index (χ2n) is 3.34. The van der Waals surface area contributed by atoms with Crippen molar-refractivity contribution in [2.75, 3.05) is 7.11 Å². The van der Waals surface area contributed by atoms with Crippen molar-refractivity contribution >= 4 is 5.97 Å². The van der Waals surface area contributed by atoms with Crippen molar-refractivity contribution in [1.29, 1.82) is 0 Å². The van der Waals surface area contributed by atoms with E-state index in [4.69, 9.17) is 14.2 Å². The summed E-state index contributed by atoms with van der Waals surface area (Å²) < 4.78 is 15.1. The summed E-state index contributed by atoms with van der Waals surface area (Å²) in [7, 11) is 1.48. The second kappa shape index (κ2) is 4.81. The molecular formula is C12H12O4. The SMILES string of the molecule is COC1=COC(=O)C1OCc1ccccc1. The molecule has 0 aliphatic carbocycles. The normalized spacial score (nSPS) is 19.2. The molecule has 0 spiro atoms. The minimum absolute atomic E-state index is 0.349. The maximum absolute atomic E-state index is 11.3. The number of carbonyl (C=O) groups excluding carboxylic acids is 1. The number of carbonyl (C=O) groups is 1. The molecule has 1 unspecified atom stereocenters. The Labute approximate surface area is 93.4 Å². The van der Waals surface area contributed by atoms with Gasteiger partial charge in [-0.2, -0.15) is 0 Å². The zero-order valence-electron chi connectivity index (χ0n) is 8.88. The van der Waals surface area contributed by atoms with Crippen LogP contribution in [0.15, 0.2) is 42.4 Å². The van der Waals surface area contributed by atoms with Crippen molar-refractivity contribution in [3.05, 3.63) is 47.9 Å². The van der Waals surface area contributed by atoms with Crippen LogP contribution in [-0.2, 0) is 25.6 Å². The fourth-order valence-corrected chi connectivity index (χ4v) is 1.42. The predicted octanol–water partition coefficient (Wildman–Crippen LogP) is 1.62. The molecule has 0 saturated heterocycles. The predicted molar refractivity (Wildman–Crippen MR) is 56.2 cm³/mol. The monoisotopic (exact) mass is 220 g/mol. The lowest BCUT2D eigenvalue weighted by Gasteiger charge is -2.11. The van der Waals surface area contributed by atoms with E-state index in [-0.39, 0.29) is 0 Å². The van der Waals surface area contributed by atoms with Gasteiger partial charge in [-0.25, -0.2) is 4.79 Å². The van der Waals surface area contributed by atoms with Crippen molar-refractivity contribution in [2.45, 2.75) is 12.7 Å². The summed E-state index contributed by atoms with van der Waals surface area (Å²) in [5, 5.41) is 0. The lowest BCUT2D eigenvalue weighted by Crippen LogP contribution is -2.23. The van der Waals surface area contributed by atoms with Gasteiger partial charge in [0.25, 0.3) is 0 Å². The Morgan fingerprint density at radius 1 is 1.31 bits per heavy atom. The van der Waals surface area contributed by atoms with Crippen LogP contribution < -0.4 is 0 Å². The van der Waals surface area contributed by atoms with Gasteiger partial charge in [0.15, 0.2) is 5.76 Å². The third kappa shape index (κ3) is 2.23. The molecule has 0 saturated carbocycles. The van der Waals surface area contributed by atoms with Gasteiger partial charge in [-0.15, -0.1) is 0 Å². The van der Waals surface area contributed by atoms with Crippen molar-refractivity contribution in [3.8, 4) is 0 Å². The van der Waals surface area contributed by atoms with E-state index in [1.54, 1.807) is 0 Å². The summed E-state index contributed by atoms with van der Waals surface area (Å²) in [4.78, 5) is 11.3. The van der Waals surface area contributed by atoms with E-state index in [0.29, 0.717) is 12.4 Å². The van der Waals surface area contributed by atoms with Crippen molar-refractivity contribution in [1.82, 2.24) is 0 Å². The third-order valence-corrected chi connectivity index (χ3v) is 2.26. The highest BCUT2D eigenvalue weighted by atomic mass is 16.6. The Morgan fingerprint density at radius 2 is 2.06 bits per heavy atom. The Bertz CT molecular complexity index is 397. The summed E-state index contributed by atoms with van der Waals surface area (Å²) in [5.41, 5.74) is 0.998. The van der Waals surface area contributed by atoms with Crippen LogP contribution in [0.25, 0.3) is 0 Å². The molecule has 1 aliphatic heterocycles. The van der Waals surface area contributed by atoms with Crippen LogP contribution in [0.1, 0.15) is 5.56 Å². The first-order valence-corrected chi connectivity index (χ1v) is 4.91. The first kappa shape index (κ1) is 10.7. The van der Waals surface area contributed by atoms with Gasteiger partial charge >= 0.3 is 5.97 Å². The number of cyclic esters (lactones) is 1. The number of ether oxygens (including phenoxy) is 3. The Morgan fingerprint density at radius 3 is 2.75 bits per heavy atom. The largest absolute Gasteiger partial charge is 0.494 e. The fraction of sp³-hybridized carbons (Fsp3) is 0.250. The number of rotatable bonds is 4. The van der Waals surface area contributed by atoms with E-state index in [0.717, 1.165) is 5.56 Å². The molecule has 1 aromatic rings. The first-order valence-electron chi connectivity index (χ1n) is 4.91. The van der Waals surface area contributed by atoms with Gasteiger partial charge in [-0.3, -0.25) is 0 Å². The fourth-order valence-electron chi connectivity index (χ4n) is 1.42. The van der Waals surface area contributed by atoms with Gasteiger partial charge in [-0.1, -0.05) is 30.3 Å². The standard InChI is InChI=1S/C12H12O4/c1-14-10-8-16-12(13)11(10)15-7-9-5-3-2-4-6-9/h2-6,8,11H,7H2,1H3. The zero-order valence-corrected chi connectivity index (χ0v) is 8.88. The Balaban J connectivity index is 1.95. The highest BCUT2D eigenvalue weighted by Gasteiger charge is 2.32. The smallest absolute Gasteiger partial charge is 0.348 e. The van der Waals surface area contributed by atoms with E-state index in [1.807, 2.05) is 30.3 Å². The molecule has 0 aromatic heterocycles. The van der Waals surface area contributed by atoms with E-state index in [1.165, 1.54) is 13.4 Å². The highest BCUT2D eigenvalue weighted by molar-refractivity contribution is 5.80. The molecule has 1 aliphatic rings. The van der Waals surface area contributed by atoms with Crippen molar-refractivity contribution < 1.29 is 19.0 Å². The van der Waals surface area contributed by atoms with Crippen molar-refractivity contribution in [3.63, 3.8) is 0 Å². The molecular weight excluding hydrogens is 208 g/mol. The molecule has 1 atom stereocenters. The quantitative estimate of drug-likeness (QED) is 0.723. The molecule has 4 nitrogen and oxygen atoms in total. The van der Waals surface area contributed by atoms with Gasteiger partial charge in [0.1, 0.15) is 6.26 Å². The molecule has 84 valence electrons. The van der Waals surface area contributed by atoms with Crippen molar-refractivity contribution in [2.24, 2.45) is 0 Å². The summed E-state index contributed by atoms with van der Waals surface area (Å²) in [6.07, 6.45) is 0.531. The van der Waals surface area contributed by atoms with Crippen LogP contribution in [0, 0.1) is 0 Å². The minimum Gasteiger partial charge on any atom is -0.494 e. The van der Waals surface area contributed by atoms with Crippen LogP contribution in [-0.4, -0.2) is 19.2 Å². The minimum atomic E-state index is -0.745. The molecule has 0 bridgehead atoms. The van der Waals surface area contributed by atoms with Crippen LogP contribution in [0.3, 0.4) is 0 Å². The molecule has 16 heavy (non-hydrogen) atoms. The van der Waals surface area contributed by atoms with Gasteiger partial charge in [-0.05, 0) is 5.56 Å². The lowest BCUT2D eigenvalue weighted by atomic mass is 10.2. The summed E-state index contributed by atoms with van der Waals surface area (Å²) in [5.74, 6) is -0.0336. The Hall–Kier alpha value is -1.81. The van der Waals surface area contributed by atoms with E-state index < -0.39 is 12.1 Å². The molecule has 0 radical (unpaired) electrons. The summed E-state index contributed by atoms with van der Waals surface area (Å²) in [6, 6.07) is 9.61. The average molecular weight is 220 g/mol. The van der Waals surface area contributed by atoms with Crippen LogP contribution in [0.2, 0.25) is 0 Å². The van der Waals surface area contributed by atoms with E-state index in [9.17, 15) is 4.79 Å². The number of methoxy groups -OCH3 is 1. The maximum Gasteiger partial charge on any atom is 0.348 e. The van der Waals surface area contributed by atoms with Gasteiger partial charge < -0.3 is 14.2 Å². The summed E-state index contributed by atoms with van der Waals surface area (Å²) >= 11 is 0. The number of benzene rings is 1. The van der Waals surface area contributed by atoms with Gasteiger partial charge in [0, 0.05) is 0 Å². The number of hydrogen-bond acceptors (Lipinski definition) is 4. The van der Waals surface area contributed by atoms with Crippen LogP contribution in [0.5, 0.6) is 0 Å². The Kier molecular flexibility index (Phi) is 3.22. The first-order chi connectivity index (χ1) is 7.81. The van der Waals surface area contributed by atoms with Crippen LogP contribution in [0.4, 0.5) is 0 Å². The van der Waals surface area contributed by atoms with Gasteiger partial charge in [0.2, 0.25) is 6.10 Å². The molecule has 0 fully saturated rings. The molecule has 0 N–H and O–H groups in total. The summed E-state index contributed by atoms with van der Waals surface area (Å²) in [6.45, 7) is 0.349. The van der Waals surface area contributed by atoms with E-state index >= 15 is 0 Å². The lowest BCUT2D eigenvalue weighted by molar-refractivity contribution is -0.147. The molecule has 2 rings (SSSR count). The zero-order chi connectivity index (χ0) is 11.4. The second-order valence-corrected chi connectivity index (χ2v) is 3.34. The van der Waals surface area contributed by atoms with Crippen LogP contribution >= 0.6 is 0 Å². The molecule has 1 aromatic carbocycles. The third-order valence-electron chi connectivity index (χ3n) is 2.26. The molecule has 4 heteroatoms. The maximum atomic E-state index is 11.3. The van der Waals surface area contributed by atoms with E-state index in [2.05, 4.69) is 0 Å². The molecule has 0 amide bonds. The topological polar surface area (TPSA) is 44.8 Å². The number of hydrogen-bond donors (Lipinski definition) is 0. The van der Waals surface area contributed by atoms with Gasteiger partial charge in [0.05, 0.1) is 13.7 Å². The number of esters is 1. The molecule has 1 heterocycles. The average Bonchev–Trinajstić information content (AvgIpc) is 2.69.